The highest BCUT2D eigenvalue weighted by molar-refractivity contribution is 5.73. The summed E-state index contributed by atoms with van der Waals surface area (Å²) >= 11 is 0. The molecular formula is C39H45NO3. The van der Waals surface area contributed by atoms with E-state index in [2.05, 4.69) is 75.9 Å². The van der Waals surface area contributed by atoms with Crippen molar-refractivity contribution in [2.75, 3.05) is 0 Å². The van der Waals surface area contributed by atoms with E-state index in [-0.39, 0.29) is 6.04 Å². The number of esters is 1. The van der Waals surface area contributed by atoms with Crippen LogP contribution in [-0.2, 0) is 22.6 Å². The largest absolute Gasteiger partial charge is 0.456 e. The molecule has 0 aliphatic carbocycles. The van der Waals surface area contributed by atoms with Crippen molar-refractivity contribution in [3.63, 3.8) is 0 Å². The minimum absolute atomic E-state index is 0.157. The lowest BCUT2D eigenvalue weighted by molar-refractivity contribution is -0.160. The van der Waals surface area contributed by atoms with Gasteiger partial charge in [-0.3, -0.25) is 9.69 Å². The molecule has 4 aromatic carbocycles. The second kappa shape index (κ2) is 15.0. The van der Waals surface area contributed by atoms with Crippen LogP contribution in [0, 0.1) is 33.6 Å². The van der Waals surface area contributed by atoms with Crippen LogP contribution in [0.4, 0.5) is 0 Å². The van der Waals surface area contributed by atoms with E-state index in [1.807, 2.05) is 66.7 Å². The average Bonchev–Trinajstić information content (AvgIpc) is 3.00. The van der Waals surface area contributed by atoms with E-state index in [1.165, 1.54) is 33.4 Å². The van der Waals surface area contributed by atoms with Gasteiger partial charge in [0, 0.05) is 19.1 Å². The summed E-state index contributed by atoms with van der Waals surface area (Å²) in [6, 6.07) is 32.5. The Labute approximate surface area is 257 Å². The van der Waals surface area contributed by atoms with Gasteiger partial charge in [0.1, 0.15) is 6.10 Å². The van der Waals surface area contributed by atoms with Crippen LogP contribution in [-0.4, -0.2) is 28.1 Å². The minimum Gasteiger partial charge on any atom is -0.456 e. The number of aliphatic hydroxyl groups excluding tert-OH is 1. The lowest BCUT2D eigenvalue weighted by atomic mass is 9.96. The fourth-order valence-electron chi connectivity index (χ4n) is 5.60. The second-order valence-electron chi connectivity index (χ2n) is 11.8. The highest BCUT2D eigenvalue weighted by atomic mass is 16.5. The van der Waals surface area contributed by atoms with Gasteiger partial charge in [0.15, 0.2) is 0 Å². The van der Waals surface area contributed by atoms with E-state index in [9.17, 15) is 9.90 Å². The Hall–Kier alpha value is -3.99. The Bertz CT molecular complexity index is 1490. The molecule has 0 radical (unpaired) electrons. The third kappa shape index (κ3) is 8.53. The first-order chi connectivity index (χ1) is 20.6. The molecule has 4 heteroatoms. The predicted octanol–water partition coefficient (Wildman–Crippen LogP) is 8.31. The Kier molecular flexibility index (Phi) is 11.1. The number of carbonyl (C=O) groups is 1. The first-order valence-electron chi connectivity index (χ1n) is 15.2. The fraction of sp³-hybridized carbons (Fsp3) is 0.308. The van der Waals surface area contributed by atoms with Crippen LogP contribution in [0.1, 0.15) is 64.5 Å². The molecule has 4 aromatic rings. The molecule has 4 nitrogen and oxygen atoms in total. The molecule has 43 heavy (non-hydrogen) atoms. The first kappa shape index (κ1) is 31.9. The molecule has 0 aromatic heterocycles. The molecule has 0 bridgehead atoms. The molecule has 4 atom stereocenters. The number of hydrogen-bond donors (Lipinski definition) is 1. The van der Waals surface area contributed by atoms with Crippen molar-refractivity contribution in [2.45, 2.75) is 72.9 Å². The molecule has 0 amide bonds. The van der Waals surface area contributed by atoms with E-state index in [4.69, 9.17) is 4.74 Å². The van der Waals surface area contributed by atoms with Crippen molar-refractivity contribution < 1.29 is 14.6 Å². The maximum Gasteiger partial charge on any atom is 0.312 e. The highest BCUT2D eigenvalue weighted by Gasteiger charge is 2.32. The highest BCUT2D eigenvalue weighted by Crippen LogP contribution is 2.31. The van der Waals surface area contributed by atoms with E-state index in [1.54, 1.807) is 13.0 Å². The molecule has 0 unspecified atom stereocenters. The van der Waals surface area contributed by atoms with Gasteiger partial charge in [-0.1, -0.05) is 115 Å². The summed E-state index contributed by atoms with van der Waals surface area (Å²) in [4.78, 5) is 16.0. The molecule has 224 valence electrons. The molecule has 0 heterocycles. The summed E-state index contributed by atoms with van der Waals surface area (Å²) in [6.07, 6.45) is 1.99. The van der Waals surface area contributed by atoms with Gasteiger partial charge in [0.25, 0.3) is 0 Å². The van der Waals surface area contributed by atoms with Crippen LogP contribution in [0.15, 0.2) is 103 Å². The maximum atomic E-state index is 13.6. The summed E-state index contributed by atoms with van der Waals surface area (Å²) in [5.74, 6) is -1.16. The van der Waals surface area contributed by atoms with Crippen LogP contribution >= 0.6 is 0 Å². The summed E-state index contributed by atoms with van der Waals surface area (Å²) in [5.41, 5.74) is 9.42. The number of benzene rings is 4. The van der Waals surface area contributed by atoms with Crippen LogP contribution < -0.4 is 0 Å². The van der Waals surface area contributed by atoms with Gasteiger partial charge in [0.2, 0.25) is 0 Å². The summed E-state index contributed by atoms with van der Waals surface area (Å²) in [7, 11) is 0. The van der Waals surface area contributed by atoms with Crippen LogP contribution in [0.2, 0.25) is 0 Å². The molecule has 4 rings (SSSR count). The predicted molar refractivity (Wildman–Crippen MR) is 176 cm³/mol. The maximum absolute atomic E-state index is 13.6. The Balaban J connectivity index is 1.64. The van der Waals surface area contributed by atoms with E-state index in [0.717, 1.165) is 11.1 Å². The van der Waals surface area contributed by atoms with Gasteiger partial charge in [-0.05, 0) is 80.5 Å². The van der Waals surface area contributed by atoms with Crippen molar-refractivity contribution in [3.8, 4) is 0 Å². The third-order valence-corrected chi connectivity index (χ3v) is 8.39. The Morgan fingerprint density at radius 1 is 0.791 bits per heavy atom. The first-order valence-corrected chi connectivity index (χ1v) is 15.2. The molecule has 0 fully saturated rings. The number of carbonyl (C=O) groups excluding carboxylic acids is 1. The van der Waals surface area contributed by atoms with E-state index >= 15 is 0 Å². The summed E-state index contributed by atoms with van der Waals surface area (Å²) < 4.78 is 6.33. The average molecular weight is 576 g/mol. The van der Waals surface area contributed by atoms with Crippen LogP contribution in [0.3, 0.4) is 0 Å². The van der Waals surface area contributed by atoms with Gasteiger partial charge < -0.3 is 9.84 Å². The van der Waals surface area contributed by atoms with Crippen molar-refractivity contribution in [1.29, 1.82) is 0 Å². The smallest absolute Gasteiger partial charge is 0.312 e. The van der Waals surface area contributed by atoms with Gasteiger partial charge in [-0.15, -0.1) is 0 Å². The van der Waals surface area contributed by atoms with Crippen LogP contribution in [0.25, 0.3) is 6.08 Å². The van der Waals surface area contributed by atoms with Crippen molar-refractivity contribution in [1.82, 2.24) is 4.90 Å². The monoisotopic (exact) mass is 575 g/mol. The fourth-order valence-corrected chi connectivity index (χ4v) is 5.60. The standard InChI is InChI=1S/C39H45NO3/c1-27-23-29(3)36(30(4)24-27)26-40(25-35-20-14-13-15-28(35)2)32(6)38(34-18-11-8-12-19-34)43-39(42)31(5)37(41)22-21-33-16-9-7-10-17-33/h7-24,31-32,37-38,41H,25-26H2,1-6H3/b22-21+/t31-,32+,37+,38+/m1/s1. The third-order valence-electron chi connectivity index (χ3n) is 8.39. The van der Waals surface area contributed by atoms with E-state index < -0.39 is 24.1 Å². The zero-order valence-electron chi connectivity index (χ0n) is 26.3. The van der Waals surface area contributed by atoms with Crippen molar-refractivity contribution in [3.05, 3.63) is 148 Å². The second-order valence-corrected chi connectivity index (χ2v) is 11.8. The summed E-state index contributed by atoms with van der Waals surface area (Å²) in [5, 5.41) is 10.9. The SMILES string of the molecule is Cc1cc(C)c(CN(Cc2ccccc2C)[C@@H](C)[C@H](OC(=O)[C@H](C)[C@@H](O)/C=C/c2ccccc2)c2ccccc2)c(C)c1. The summed E-state index contributed by atoms with van der Waals surface area (Å²) in [6.45, 7) is 13.9. The van der Waals surface area contributed by atoms with Gasteiger partial charge in [-0.25, -0.2) is 0 Å². The molecular weight excluding hydrogens is 530 g/mol. The lowest BCUT2D eigenvalue weighted by Gasteiger charge is -2.36. The zero-order chi connectivity index (χ0) is 30.9. The number of hydrogen-bond acceptors (Lipinski definition) is 4. The van der Waals surface area contributed by atoms with Crippen molar-refractivity contribution in [2.24, 2.45) is 5.92 Å². The number of nitrogens with zero attached hydrogens (tertiary/aromatic N) is 1. The number of rotatable bonds is 12. The normalized spacial score (nSPS) is 14.4. The van der Waals surface area contributed by atoms with E-state index in [0.29, 0.717) is 13.1 Å². The molecule has 0 aliphatic rings. The Morgan fingerprint density at radius 3 is 2.00 bits per heavy atom. The van der Waals surface area contributed by atoms with Gasteiger partial charge in [-0.2, -0.15) is 0 Å². The molecule has 0 saturated carbocycles. The topological polar surface area (TPSA) is 49.8 Å². The van der Waals surface area contributed by atoms with Gasteiger partial charge in [0.05, 0.1) is 12.0 Å². The van der Waals surface area contributed by atoms with Gasteiger partial charge >= 0.3 is 5.97 Å². The van der Waals surface area contributed by atoms with Crippen LogP contribution in [0.5, 0.6) is 0 Å². The number of aryl methyl sites for hydroxylation is 4. The molecule has 1 N–H and O–H groups in total. The number of ether oxygens (including phenoxy) is 1. The zero-order valence-corrected chi connectivity index (χ0v) is 26.3. The Morgan fingerprint density at radius 2 is 1.37 bits per heavy atom. The van der Waals surface area contributed by atoms with Crippen molar-refractivity contribution >= 4 is 12.0 Å². The quantitative estimate of drug-likeness (QED) is 0.173. The minimum atomic E-state index is -0.972. The number of aliphatic hydroxyl groups is 1. The molecule has 0 saturated heterocycles. The lowest BCUT2D eigenvalue weighted by Crippen LogP contribution is -2.40. The molecule has 0 spiro atoms. The molecule has 0 aliphatic heterocycles.